The van der Waals surface area contributed by atoms with Crippen molar-refractivity contribution >= 4 is 17.9 Å². The number of ether oxygens (including phenoxy) is 4. The Kier molecular flexibility index (Phi) is 62.3. The Morgan fingerprint density at radius 2 is 0.635 bits per heavy atom. The summed E-state index contributed by atoms with van der Waals surface area (Å²) in [4.78, 5) is 37.5. The Bertz CT molecular complexity index is 1810. The molecule has 0 aliphatic heterocycles. The lowest BCUT2D eigenvalue weighted by molar-refractivity contribution is -0.870. The minimum atomic E-state index is -1.63. The number of aliphatic carboxylic acids is 1. The van der Waals surface area contributed by atoms with Crippen LogP contribution in [-0.4, -0.2) is 82.3 Å². The van der Waals surface area contributed by atoms with Gasteiger partial charge in [-0.15, -0.1) is 0 Å². The standard InChI is InChI=1S/C76H129NO8/c1-6-8-10-12-14-16-18-20-22-24-26-28-30-32-33-34-35-36-37-38-39-40-41-43-45-47-49-51-53-55-57-59-61-63-65-67-74(79)85-72(71-84-76(75(80)81)82-69-68-77(3,4)5)70-83-73(78)66-64-62-60-58-56-54-52-50-48-46-44-42-31-29-27-25-23-21-19-17-15-13-11-9-7-2/h8-11,14-17,20-23,26-29,32-33,42,44,72,76H,6-7,12-13,18-19,24-25,30-31,34-41,43,45-71H2,1-5H3/b10-8-,11-9-,16-14-,17-15-,22-20-,23-21-,28-26-,29-27-,33-32-,44-42-. The van der Waals surface area contributed by atoms with E-state index in [1.165, 1.54) is 135 Å². The Morgan fingerprint density at radius 1 is 0.353 bits per heavy atom. The Labute approximate surface area is 523 Å². The first-order valence-corrected chi connectivity index (χ1v) is 34.7. The lowest BCUT2D eigenvalue weighted by atomic mass is 10.0. The smallest absolute Gasteiger partial charge is 0.306 e. The molecule has 0 aliphatic rings. The van der Waals surface area contributed by atoms with Crippen molar-refractivity contribution in [1.82, 2.24) is 0 Å². The van der Waals surface area contributed by atoms with Crippen molar-refractivity contribution in [2.45, 2.75) is 296 Å². The van der Waals surface area contributed by atoms with Crippen molar-refractivity contribution in [3.8, 4) is 0 Å². The van der Waals surface area contributed by atoms with Gasteiger partial charge in [-0.3, -0.25) is 9.59 Å². The molecule has 9 heteroatoms. The number of quaternary nitrogens is 1. The van der Waals surface area contributed by atoms with E-state index in [1.807, 2.05) is 21.1 Å². The van der Waals surface area contributed by atoms with E-state index in [1.54, 1.807) is 0 Å². The fraction of sp³-hybridized carbons (Fsp3) is 0.697. The molecular weight excluding hydrogens is 1050 g/mol. The maximum absolute atomic E-state index is 12.9. The summed E-state index contributed by atoms with van der Waals surface area (Å²) in [5.74, 6) is -2.29. The highest BCUT2D eigenvalue weighted by Crippen LogP contribution is 2.17. The molecule has 0 amide bonds. The molecular formula is C76H129NO8. The van der Waals surface area contributed by atoms with Gasteiger partial charge in [0.05, 0.1) is 40.3 Å². The molecule has 2 unspecified atom stereocenters. The van der Waals surface area contributed by atoms with Crippen LogP contribution < -0.4 is 5.11 Å². The summed E-state index contributed by atoms with van der Waals surface area (Å²) in [5.41, 5.74) is 0. The van der Waals surface area contributed by atoms with E-state index in [0.717, 1.165) is 116 Å². The van der Waals surface area contributed by atoms with Crippen LogP contribution in [0.25, 0.3) is 0 Å². The molecule has 0 rings (SSSR count). The monoisotopic (exact) mass is 1180 g/mol. The maximum atomic E-state index is 12.9. The largest absolute Gasteiger partial charge is 0.545 e. The highest BCUT2D eigenvalue weighted by atomic mass is 16.7. The molecule has 0 heterocycles. The fourth-order valence-electron chi connectivity index (χ4n) is 9.47. The molecule has 0 aromatic carbocycles. The number of carboxylic acid groups (broad SMARTS) is 1. The van der Waals surface area contributed by atoms with E-state index in [4.69, 9.17) is 18.9 Å². The molecule has 0 fully saturated rings. The molecule has 9 nitrogen and oxygen atoms in total. The summed E-state index contributed by atoms with van der Waals surface area (Å²) < 4.78 is 22.8. The van der Waals surface area contributed by atoms with E-state index < -0.39 is 24.3 Å². The van der Waals surface area contributed by atoms with Gasteiger partial charge in [0.1, 0.15) is 13.2 Å². The van der Waals surface area contributed by atoms with Gasteiger partial charge in [0.2, 0.25) is 0 Å². The number of unbranched alkanes of at least 4 members (excludes halogenated alkanes) is 28. The zero-order valence-electron chi connectivity index (χ0n) is 55.4. The van der Waals surface area contributed by atoms with Crippen LogP contribution in [-0.2, 0) is 33.3 Å². The van der Waals surface area contributed by atoms with Crippen molar-refractivity contribution in [2.75, 3.05) is 47.5 Å². The van der Waals surface area contributed by atoms with E-state index in [-0.39, 0.29) is 38.6 Å². The maximum Gasteiger partial charge on any atom is 0.306 e. The molecule has 2 atom stereocenters. The van der Waals surface area contributed by atoms with E-state index in [2.05, 4.69) is 135 Å². The second-order valence-corrected chi connectivity index (χ2v) is 24.1. The lowest BCUT2D eigenvalue weighted by Crippen LogP contribution is -2.44. The molecule has 0 radical (unpaired) electrons. The van der Waals surface area contributed by atoms with Crippen LogP contribution in [0.1, 0.15) is 284 Å². The van der Waals surface area contributed by atoms with E-state index >= 15 is 0 Å². The molecule has 0 spiro atoms. The second-order valence-electron chi connectivity index (χ2n) is 24.1. The van der Waals surface area contributed by atoms with Crippen LogP contribution in [0.5, 0.6) is 0 Å². The number of rotatable bonds is 63. The summed E-state index contributed by atoms with van der Waals surface area (Å²) in [6.07, 6.45) is 89.9. The van der Waals surface area contributed by atoms with Crippen molar-refractivity contribution < 1.29 is 42.9 Å². The predicted molar refractivity (Wildman–Crippen MR) is 361 cm³/mol. The van der Waals surface area contributed by atoms with Gasteiger partial charge in [-0.2, -0.15) is 0 Å². The minimum absolute atomic E-state index is 0.143. The normalized spacial score (nSPS) is 13.5. The van der Waals surface area contributed by atoms with Crippen LogP contribution in [0.2, 0.25) is 0 Å². The number of carbonyl (C=O) groups is 3. The van der Waals surface area contributed by atoms with Gasteiger partial charge in [0.25, 0.3) is 0 Å². The minimum Gasteiger partial charge on any atom is -0.545 e. The summed E-state index contributed by atoms with van der Waals surface area (Å²) >= 11 is 0. The van der Waals surface area contributed by atoms with Crippen LogP contribution in [0.3, 0.4) is 0 Å². The second kappa shape index (κ2) is 65.7. The predicted octanol–water partition coefficient (Wildman–Crippen LogP) is 20.2. The average Bonchev–Trinajstić information content (AvgIpc) is 3.48. The Balaban J connectivity index is 4.11. The third-order valence-electron chi connectivity index (χ3n) is 14.7. The molecule has 486 valence electrons. The first-order valence-electron chi connectivity index (χ1n) is 34.7. The number of allylic oxidation sites excluding steroid dienone is 20. The van der Waals surface area contributed by atoms with Gasteiger partial charge in [-0.25, -0.2) is 0 Å². The van der Waals surface area contributed by atoms with E-state index in [9.17, 15) is 19.5 Å². The molecule has 85 heavy (non-hydrogen) atoms. The number of carboxylic acids is 1. The highest BCUT2D eigenvalue weighted by Gasteiger charge is 2.22. The number of hydrogen-bond donors (Lipinski definition) is 0. The van der Waals surface area contributed by atoms with Crippen molar-refractivity contribution in [3.05, 3.63) is 122 Å². The zero-order valence-corrected chi connectivity index (χ0v) is 55.4. The first kappa shape index (κ1) is 80.7. The quantitative estimate of drug-likeness (QED) is 0.0195. The number of nitrogens with zero attached hydrogens (tertiary/aromatic N) is 1. The number of likely N-dealkylation sites (N-methyl/N-ethyl adjacent to an activating group) is 1. The Morgan fingerprint density at radius 3 is 0.941 bits per heavy atom. The van der Waals surface area contributed by atoms with Gasteiger partial charge in [0.15, 0.2) is 12.4 Å². The molecule has 0 N–H and O–H groups in total. The van der Waals surface area contributed by atoms with Crippen molar-refractivity contribution in [3.63, 3.8) is 0 Å². The van der Waals surface area contributed by atoms with E-state index in [0.29, 0.717) is 17.4 Å². The van der Waals surface area contributed by atoms with Crippen LogP contribution in [0, 0.1) is 0 Å². The summed E-state index contributed by atoms with van der Waals surface area (Å²) in [6.45, 7) is 4.53. The lowest BCUT2D eigenvalue weighted by Gasteiger charge is -2.26. The third-order valence-corrected chi connectivity index (χ3v) is 14.7. The summed E-state index contributed by atoms with van der Waals surface area (Å²) in [5, 5.41) is 11.8. The van der Waals surface area contributed by atoms with Gasteiger partial charge >= 0.3 is 11.9 Å². The number of hydrogen-bond acceptors (Lipinski definition) is 8. The fourth-order valence-corrected chi connectivity index (χ4v) is 9.47. The first-order chi connectivity index (χ1) is 41.6. The summed E-state index contributed by atoms with van der Waals surface area (Å²) in [7, 11) is 5.93. The van der Waals surface area contributed by atoms with Crippen molar-refractivity contribution in [1.29, 1.82) is 0 Å². The molecule has 0 aromatic heterocycles. The van der Waals surface area contributed by atoms with Crippen molar-refractivity contribution in [2.24, 2.45) is 0 Å². The van der Waals surface area contributed by atoms with Gasteiger partial charge in [0, 0.05) is 12.8 Å². The number of esters is 2. The summed E-state index contributed by atoms with van der Waals surface area (Å²) in [6, 6.07) is 0. The average molecular weight is 1180 g/mol. The topological polar surface area (TPSA) is 111 Å². The molecule has 0 saturated heterocycles. The Hall–Kier alpha value is -4.31. The van der Waals surface area contributed by atoms with Gasteiger partial charge in [-0.1, -0.05) is 289 Å². The molecule has 0 aromatic rings. The van der Waals surface area contributed by atoms with Gasteiger partial charge < -0.3 is 33.3 Å². The molecule has 0 bridgehead atoms. The number of carbonyl (C=O) groups excluding carboxylic acids is 3. The molecule has 0 saturated carbocycles. The zero-order chi connectivity index (χ0) is 61.9. The van der Waals surface area contributed by atoms with Crippen LogP contribution in [0.15, 0.2) is 122 Å². The van der Waals surface area contributed by atoms with Gasteiger partial charge in [-0.05, 0) is 103 Å². The van der Waals surface area contributed by atoms with Crippen LogP contribution in [0.4, 0.5) is 0 Å². The molecule has 0 aliphatic carbocycles. The highest BCUT2D eigenvalue weighted by molar-refractivity contribution is 5.70. The SMILES string of the molecule is CC/C=C\C/C=C\C/C=C\C/C=C\C/C=C\CCCCCCCCCCCCCCCCCCCCCC(=O)OC(COC(=O)CCCCCCCCCCC/C=C\C/C=C\C/C=C\C/C=C\C/C=C\CC)COC(OCC[N+](C)(C)C)C(=O)[O-]. The third kappa shape index (κ3) is 67.1. The van der Waals surface area contributed by atoms with Crippen LogP contribution >= 0.6 is 0 Å².